The van der Waals surface area contributed by atoms with Gasteiger partial charge in [-0.1, -0.05) is 17.5 Å². The Bertz CT molecular complexity index is 646. The van der Waals surface area contributed by atoms with Gasteiger partial charge < -0.3 is 0 Å². The van der Waals surface area contributed by atoms with E-state index in [1.165, 1.54) is 4.68 Å². The fourth-order valence-corrected chi connectivity index (χ4v) is 1.85. The first-order valence-corrected chi connectivity index (χ1v) is 5.92. The van der Waals surface area contributed by atoms with Crippen LogP contribution in [-0.2, 0) is 13.1 Å². The molecule has 5 heteroatoms. The summed E-state index contributed by atoms with van der Waals surface area (Å²) in [6.07, 6.45) is 5.21. The number of nitrogens with zero attached hydrogens (tertiary/aromatic N) is 3. The summed E-state index contributed by atoms with van der Waals surface area (Å²) in [4.78, 5) is 12.0. The minimum absolute atomic E-state index is 0.173. The molecule has 4 nitrogen and oxygen atoms in total. The van der Waals surface area contributed by atoms with E-state index >= 15 is 0 Å². The lowest BCUT2D eigenvalue weighted by molar-refractivity contribution is 0.649. The Morgan fingerprint density at radius 2 is 2.06 bits per heavy atom. The van der Waals surface area contributed by atoms with Crippen LogP contribution < -0.4 is 5.69 Å². The summed E-state index contributed by atoms with van der Waals surface area (Å²) in [5.74, 6) is 3.02. The maximum atomic E-state index is 12.0. The SMILES string of the molecule is C#CCn1nc(-c2ccc(Cl)cc2)n(CC)c1=O. The Kier molecular flexibility index (Phi) is 3.54. The van der Waals surface area contributed by atoms with E-state index in [9.17, 15) is 4.79 Å². The molecule has 0 saturated heterocycles. The molecule has 2 rings (SSSR count). The van der Waals surface area contributed by atoms with Crippen molar-refractivity contribution in [2.45, 2.75) is 20.0 Å². The van der Waals surface area contributed by atoms with E-state index in [1.54, 1.807) is 16.7 Å². The lowest BCUT2D eigenvalue weighted by Gasteiger charge is -2.01. The van der Waals surface area contributed by atoms with Crippen molar-refractivity contribution in [3.05, 3.63) is 39.8 Å². The van der Waals surface area contributed by atoms with Gasteiger partial charge in [0.25, 0.3) is 0 Å². The van der Waals surface area contributed by atoms with Crippen LogP contribution in [0.1, 0.15) is 6.92 Å². The first kappa shape index (κ1) is 12.5. The third-order valence-electron chi connectivity index (χ3n) is 2.58. The minimum Gasteiger partial charge on any atom is -0.275 e. The van der Waals surface area contributed by atoms with Crippen molar-refractivity contribution in [2.24, 2.45) is 0 Å². The molecule has 0 aliphatic heterocycles. The highest BCUT2D eigenvalue weighted by molar-refractivity contribution is 6.30. The number of hydrogen-bond acceptors (Lipinski definition) is 2. The number of halogens is 1. The van der Waals surface area contributed by atoms with E-state index in [0.717, 1.165) is 5.56 Å². The Labute approximate surface area is 110 Å². The van der Waals surface area contributed by atoms with Crippen molar-refractivity contribution < 1.29 is 0 Å². The molecule has 0 bridgehead atoms. The van der Waals surface area contributed by atoms with Gasteiger partial charge in [0.1, 0.15) is 6.54 Å². The number of aromatic nitrogens is 3. The highest BCUT2D eigenvalue weighted by Gasteiger charge is 2.12. The molecule has 0 atom stereocenters. The molecular formula is C13H12ClN3O. The van der Waals surface area contributed by atoms with Gasteiger partial charge in [-0.3, -0.25) is 4.57 Å². The molecule has 0 spiro atoms. The van der Waals surface area contributed by atoms with Crippen LogP contribution in [0.3, 0.4) is 0 Å². The Morgan fingerprint density at radius 3 is 2.61 bits per heavy atom. The van der Waals surface area contributed by atoms with E-state index in [2.05, 4.69) is 11.0 Å². The van der Waals surface area contributed by atoms with Crippen LogP contribution >= 0.6 is 11.6 Å². The van der Waals surface area contributed by atoms with Crippen LogP contribution in [0.25, 0.3) is 11.4 Å². The van der Waals surface area contributed by atoms with Gasteiger partial charge in [0.15, 0.2) is 5.82 Å². The van der Waals surface area contributed by atoms with E-state index in [0.29, 0.717) is 17.4 Å². The van der Waals surface area contributed by atoms with Gasteiger partial charge in [-0.15, -0.1) is 11.5 Å². The third kappa shape index (κ3) is 2.18. The third-order valence-corrected chi connectivity index (χ3v) is 2.83. The van der Waals surface area contributed by atoms with Crippen molar-refractivity contribution in [1.29, 1.82) is 0 Å². The summed E-state index contributed by atoms with van der Waals surface area (Å²) in [6.45, 7) is 2.61. The lowest BCUT2D eigenvalue weighted by Crippen LogP contribution is -2.24. The van der Waals surface area contributed by atoms with Gasteiger partial charge in [-0.25, -0.2) is 9.48 Å². The second-order valence-electron chi connectivity index (χ2n) is 3.72. The monoisotopic (exact) mass is 261 g/mol. The van der Waals surface area contributed by atoms with Crippen LogP contribution in [0.2, 0.25) is 5.02 Å². The summed E-state index contributed by atoms with van der Waals surface area (Å²) >= 11 is 5.84. The zero-order valence-corrected chi connectivity index (χ0v) is 10.7. The quantitative estimate of drug-likeness (QED) is 0.793. The van der Waals surface area contributed by atoms with E-state index in [4.69, 9.17) is 18.0 Å². The molecule has 0 aliphatic rings. The summed E-state index contributed by atoms with van der Waals surface area (Å²) < 4.78 is 2.87. The molecule has 0 saturated carbocycles. The molecule has 1 heterocycles. The number of hydrogen-bond donors (Lipinski definition) is 0. The maximum Gasteiger partial charge on any atom is 0.347 e. The van der Waals surface area contributed by atoms with Gasteiger partial charge in [0.2, 0.25) is 0 Å². The van der Waals surface area contributed by atoms with E-state index < -0.39 is 0 Å². The maximum absolute atomic E-state index is 12.0. The summed E-state index contributed by atoms with van der Waals surface area (Å²) in [5.41, 5.74) is 0.648. The fraction of sp³-hybridized carbons (Fsp3) is 0.231. The van der Waals surface area contributed by atoms with Crippen LogP contribution in [0.15, 0.2) is 29.1 Å². The molecular weight excluding hydrogens is 250 g/mol. The van der Waals surface area contributed by atoms with Crippen molar-refractivity contribution in [3.63, 3.8) is 0 Å². The highest BCUT2D eigenvalue weighted by atomic mass is 35.5. The predicted molar refractivity (Wildman–Crippen MR) is 71.4 cm³/mol. The lowest BCUT2D eigenvalue weighted by atomic mass is 10.2. The molecule has 0 aliphatic carbocycles. The summed E-state index contributed by atoms with van der Waals surface area (Å²) in [5, 5.41) is 4.90. The number of benzene rings is 1. The van der Waals surface area contributed by atoms with Crippen LogP contribution in [0.4, 0.5) is 0 Å². The standard InChI is InChI=1S/C13H12ClN3O/c1-3-9-17-13(18)16(4-2)12(15-17)10-5-7-11(14)8-6-10/h1,5-8H,4,9H2,2H3. The average molecular weight is 262 g/mol. The zero-order chi connectivity index (χ0) is 13.1. The largest absolute Gasteiger partial charge is 0.347 e. The molecule has 92 valence electrons. The van der Waals surface area contributed by atoms with Crippen molar-refractivity contribution in [3.8, 4) is 23.7 Å². The molecule has 0 radical (unpaired) electrons. The van der Waals surface area contributed by atoms with Gasteiger partial charge in [0.05, 0.1) is 0 Å². The second kappa shape index (κ2) is 5.11. The molecule has 0 N–H and O–H groups in total. The number of terminal acetylenes is 1. The molecule has 18 heavy (non-hydrogen) atoms. The zero-order valence-electron chi connectivity index (χ0n) is 9.93. The van der Waals surface area contributed by atoms with Gasteiger partial charge in [-0.05, 0) is 31.2 Å². The summed E-state index contributed by atoms with van der Waals surface area (Å²) in [7, 11) is 0. The minimum atomic E-state index is -0.194. The average Bonchev–Trinajstić information content (AvgIpc) is 2.68. The smallest absolute Gasteiger partial charge is 0.275 e. The van der Waals surface area contributed by atoms with Crippen molar-refractivity contribution in [1.82, 2.24) is 14.3 Å². The summed E-state index contributed by atoms with van der Waals surface area (Å²) in [6, 6.07) is 7.19. The van der Waals surface area contributed by atoms with Crippen LogP contribution in [0, 0.1) is 12.3 Å². The van der Waals surface area contributed by atoms with Gasteiger partial charge in [0, 0.05) is 17.1 Å². The van der Waals surface area contributed by atoms with Gasteiger partial charge in [-0.2, -0.15) is 0 Å². The van der Waals surface area contributed by atoms with Gasteiger partial charge >= 0.3 is 5.69 Å². The van der Waals surface area contributed by atoms with Crippen LogP contribution in [0.5, 0.6) is 0 Å². The topological polar surface area (TPSA) is 39.8 Å². The highest BCUT2D eigenvalue weighted by Crippen LogP contribution is 2.18. The first-order valence-electron chi connectivity index (χ1n) is 5.54. The normalized spacial score (nSPS) is 10.3. The molecule has 0 unspecified atom stereocenters. The number of rotatable bonds is 3. The predicted octanol–water partition coefficient (Wildman–Crippen LogP) is 2.02. The molecule has 1 aromatic carbocycles. The Hall–Kier alpha value is -1.99. The Morgan fingerprint density at radius 1 is 1.39 bits per heavy atom. The van der Waals surface area contributed by atoms with Crippen LogP contribution in [-0.4, -0.2) is 14.3 Å². The molecule has 0 amide bonds. The van der Waals surface area contributed by atoms with Crippen molar-refractivity contribution >= 4 is 11.6 Å². The van der Waals surface area contributed by atoms with Crippen molar-refractivity contribution in [2.75, 3.05) is 0 Å². The fourth-order valence-electron chi connectivity index (χ4n) is 1.73. The Balaban J connectivity index is 2.57. The van der Waals surface area contributed by atoms with E-state index in [-0.39, 0.29) is 12.2 Å². The molecule has 2 aromatic rings. The molecule has 0 fully saturated rings. The first-order chi connectivity index (χ1) is 8.67. The molecule has 1 aromatic heterocycles. The second-order valence-corrected chi connectivity index (χ2v) is 4.16. The van der Waals surface area contributed by atoms with E-state index in [1.807, 2.05) is 19.1 Å².